The number of aliphatic imine (C=N–C) groups is 2. The number of nitrogens with zero attached hydrogens (tertiary/aromatic N) is 3. The highest BCUT2D eigenvalue weighted by atomic mass is 35.5. The van der Waals surface area contributed by atoms with Crippen molar-refractivity contribution in [3.05, 3.63) is 64.2 Å². The number of halogens is 1. The van der Waals surface area contributed by atoms with Gasteiger partial charge in [0.2, 0.25) is 0 Å². The summed E-state index contributed by atoms with van der Waals surface area (Å²) in [5.41, 5.74) is 4.78. The smallest absolute Gasteiger partial charge is 0.0639 e. The van der Waals surface area contributed by atoms with E-state index in [0.717, 1.165) is 23.8 Å². The van der Waals surface area contributed by atoms with Crippen LogP contribution in [0.3, 0.4) is 0 Å². The van der Waals surface area contributed by atoms with E-state index < -0.39 is 0 Å². The Morgan fingerprint density at radius 2 is 1.88 bits per heavy atom. The van der Waals surface area contributed by atoms with Gasteiger partial charge in [-0.25, -0.2) is 0 Å². The van der Waals surface area contributed by atoms with E-state index in [9.17, 15) is 0 Å². The van der Waals surface area contributed by atoms with Gasteiger partial charge in [-0.1, -0.05) is 36.2 Å². The van der Waals surface area contributed by atoms with E-state index in [1.807, 2.05) is 24.6 Å². The summed E-state index contributed by atoms with van der Waals surface area (Å²) in [6.07, 6.45) is 7.97. The number of benzene rings is 2. The molecule has 1 atom stereocenters. The van der Waals surface area contributed by atoms with Gasteiger partial charge in [-0.3, -0.25) is 14.9 Å². The summed E-state index contributed by atoms with van der Waals surface area (Å²) in [7, 11) is 0. The van der Waals surface area contributed by atoms with Gasteiger partial charge in [0.25, 0.3) is 0 Å². The van der Waals surface area contributed by atoms with Gasteiger partial charge >= 0.3 is 0 Å². The SMILES string of the molecule is Clc1ccc2c(c1)C(C=Nc1ccc(CN3CCCCC3)cc1)C=NC2. The van der Waals surface area contributed by atoms with Crippen molar-refractivity contribution in [1.29, 1.82) is 0 Å². The monoisotopic (exact) mass is 365 g/mol. The lowest BCUT2D eigenvalue weighted by Crippen LogP contribution is -2.28. The number of hydrogen-bond donors (Lipinski definition) is 0. The first-order valence-electron chi connectivity index (χ1n) is 9.42. The summed E-state index contributed by atoms with van der Waals surface area (Å²) in [6.45, 7) is 4.22. The Bertz CT molecular complexity index is 805. The van der Waals surface area contributed by atoms with Crippen molar-refractivity contribution in [1.82, 2.24) is 4.90 Å². The lowest BCUT2D eigenvalue weighted by atomic mass is 9.94. The molecule has 2 heterocycles. The fraction of sp³-hybridized carbons (Fsp3) is 0.364. The number of likely N-dealkylation sites (tertiary alicyclic amines) is 1. The van der Waals surface area contributed by atoms with Crippen LogP contribution in [-0.2, 0) is 13.1 Å². The maximum absolute atomic E-state index is 6.16. The molecule has 0 radical (unpaired) electrons. The molecule has 0 bridgehead atoms. The molecule has 0 N–H and O–H groups in total. The molecule has 0 spiro atoms. The minimum absolute atomic E-state index is 0.0884. The maximum atomic E-state index is 6.16. The Labute approximate surface area is 160 Å². The first kappa shape index (κ1) is 17.4. The molecule has 3 nitrogen and oxygen atoms in total. The van der Waals surface area contributed by atoms with Gasteiger partial charge in [-0.05, 0) is 66.9 Å². The molecule has 4 rings (SSSR count). The summed E-state index contributed by atoms with van der Waals surface area (Å²) in [5.74, 6) is 0.0884. The molecule has 1 fully saturated rings. The predicted molar refractivity (Wildman–Crippen MR) is 110 cm³/mol. The molecule has 2 aliphatic heterocycles. The third kappa shape index (κ3) is 4.22. The second kappa shape index (κ2) is 8.15. The van der Waals surface area contributed by atoms with Crippen LogP contribution in [0, 0.1) is 0 Å². The molecule has 0 aliphatic carbocycles. The van der Waals surface area contributed by atoms with E-state index in [-0.39, 0.29) is 5.92 Å². The number of fused-ring (bicyclic) bond motifs is 1. The number of piperidine rings is 1. The van der Waals surface area contributed by atoms with Gasteiger partial charge in [0.15, 0.2) is 0 Å². The van der Waals surface area contributed by atoms with Crippen LogP contribution in [0.15, 0.2) is 52.4 Å². The molecule has 1 saturated heterocycles. The maximum Gasteiger partial charge on any atom is 0.0639 e. The van der Waals surface area contributed by atoms with Crippen LogP contribution in [0.5, 0.6) is 0 Å². The quantitative estimate of drug-likeness (QED) is 0.667. The highest BCUT2D eigenvalue weighted by molar-refractivity contribution is 6.30. The van der Waals surface area contributed by atoms with Crippen molar-refractivity contribution in [2.24, 2.45) is 9.98 Å². The number of hydrogen-bond acceptors (Lipinski definition) is 3. The van der Waals surface area contributed by atoms with E-state index in [1.54, 1.807) is 0 Å². The van der Waals surface area contributed by atoms with Crippen LogP contribution in [0.2, 0.25) is 5.02 Å². The van der Waals surface area contributed by atoms with Crippen molar-refractivity contribution < 1.29 is 0 Å². The van der Waals surface area contributed by atoms with Crippen LogP contribution >= 0.6 is 11.6 Å². The molecule has 4 heteroatoms. The van der Waals surface area contributed by atoms with Crippen molar-refractivity contribution >= 4 is 29.7 Å². The molecule has 0 aromatic heterocycles. The van der Waals surface area contributed by atoms with Crippen LogP contribution in [0.25, 0.3) is 0 Å². The Morgan fingerprint density at radius 1 is 1.08 bits per heavy atom. The minimum Gasteiger partial charge on any atom is -0.299 e. The lowest BCUT2D eigenvalue weighted by molar-refractivity contribution is 0.221. The second-order valence-electron chi connectivity index (χ2n) is 7.14. The van der Waals surface area contributed by atoms with Crippen molar-refractivity contribution in [3.63, 3.8) is 0 Å². The zero-order valence-electron chi connectivity index (χ0n) is 14.9. The van der Waals surface area contributed by atoms with Gasteiger partial charge in [-0.15, -0.1) is 0 Å². The topological polar surface area (TPSA) is 28.0 Å². The fourth-order valence-electron chi connectivity index (χ4n) is 3.71. The summed E-state index contributed by atoms with van der Waals surface area (Å²) in [6, 6.07) is 14.6. The first-order valence-corrected chi connectivity index (χ1v) is 9.79. The van der Waals surface area contributed by atoms with Crippen molar-refractivity contribution in [2.45, 2.75) is 38.3 Å². The van der Waals surface area contributed by atoms with Gasteiger partial charge in [0.05, 0.1) is 18.2 Å². The molecule has 0 saturated carbocycles. The molecule has 2 aliphatic rings. The molecule has 0 amide bonds. The van der Waals surface area contributed by atoms with Gasteiger partial charge in [0, 0.05) is 24.0 Å². The fourth-order valence-corrected chi connectivity index (χ4v) is 3.89. The minimum atomic E-state index is 0.0884. The highest BCUT2D eigenvalue weighted by Crippen LogP contribution is 2.27. The van der Waals surface area contributed by atoms with Crippen LogP contribution < -0.4 is 0 Å². The first-order chi connectivity index (χ1) is 12.8. The van der Waals surface area contributed by atoms with E-state index in [0.29, 0.717) is 0 Å². The van der Waals surface area contributed by atoms with Crippen LogP contribution in [-0.4, -0.2) is 30.4 Å². The van der Waals surface area contributed by atoms with Crippen LogP contribution in [0.1, 0.15) is 41.9 Å². The lowest BCUT2D eigenvalue weighted by Gasteiger charge is -2.26. The van der Waals surface area contributed by atoms with Crippen molar-refractivity contribution in [3.8, 4) is 0 Å². The third-order valence-corrected chi connectivity index (χ3v) is 5.41. The van der Waals surface area contributed by atoms with E-state index in [2.05, 4.69) is 45.2 Å². The summed E-state index contributed by atoms with van der Waals surface area (Å²) in [4.78, 5) is 11.7. The average molecular weight is 366 g/mol. The van der Waals surface area contributed by atoms with E-state index in [1.165, 1.54) is 49.0 Å². The molecule has 134 valence electrons. The molecular weight excluding hydrogens is 342 g/mol. The Kier molecular flexibility index (Phi) is 5.47. The Morgan fingerprint density at radius 3 is 2.69 bits per heavy atom. The zero-order chi connectivity index (χ0) is 17.8. The zero-order valence-corrected chi connectivity index (χ0v) is 15.7. The summed E-state index contributed by atoms with van der Waals surface area (Å²) < 4.78 is 0. The molecule has 26 heavy (non-hydrogen) atoms. The van der Waals surface area contributed by atoms with Gasteiger partial charge < -0.3 is 0 Å². The normalized spacial score (nSPS) is 20.4. The van der Waals surface area contributed by atoms with Gasteiger partial charge in [-0.2, -0.15) is 0 Å². The van der Waals surface area contributed by atoms with Crippen molar-refractivity contribution in [2.75, 3.05) is 13.1 Å². The standard InChI is InChI=1S/C22H24ClN3/c23-20-7-6-18-13-24-14-19(22(18)12-20)15-25-21-8-4-17(5-9-21)16-26-10-2-1-3-11-26/h4-9,12,14-15,19H,1-3,10-11,13,16H2. The van der Waals surface area contributed by atoms with E-state index >= 15 is 0 Å². The van der Waals surface area contributed by atoms with Gasteiger partial charge in [0.1, 0.15) is 0 Å². The van der Waals surface area contributed by atoms with E-state index in [4.69, 9.17) is 11.6 Å². The second-order valence-corrected chi connectivity index (χ2v) is 7.58. The predicted octanol–water partition coefficient (Wildman–Crippen LogP) is 5.40. The van der Waals surface area contributed by atoms with Crippen LogP contribution in [0.4, 0.5) is 5.69 Å². The highest BCUT2D eigenvalue weighted by Gasteiger charge is 2.15. The molecular formula is C22H24ClN3. The molecule has 2 aromatic carbocycles. The number of rotatable bonds is 4. The summed E-state index contributed by atoms with van der Waals surface area (Å²) >= 11 is 6.16. The largest absolute Gasteiger partial charge is 0.299 e. The molecule has 1 unspecified atom stereocenters. The Balaban J connectivity index is 1.43. The molecule has 2 aromatic rings. The Hall–Kier alpha value is -1.97. The summed E-state index contributed by atoms with van der Waals surface area (Å²) in [5, 5.41) is 0.763. The average Bonchev–Trinajstić information content (AvgIpc) is 2.68. The third-order valence-electron chi connectivity index (χ3n) is 5.17.